The first-order valence-electron chi connectivity index (χ1n) is 34.4. The van der Waals surface area contributed by atoms with Gasteiger partial charge in [0.1, 0.15) is 31.0 Å². The first kappa shape index (κ1) is 83.0. The summed E-state index contributed by atoms with van der Waals surface area (Å²) in [6.07, 6.45) is 44.9. The fraction of sp³-hybridized carbons (Fsp3) is 0.882. The first-order valence-corrected chi connectivity index (χ1v) is 34.4. The maximum absolute atomic E-state index is 13.1. The van der Waals surface area contributed by atoms with Crippen molar-refractivity contribution in [2.75, 3.05) is 39.4 Å². The zero-order valence-electron chi connectivity index (χ0n) is 55.4. The molecule has 0 bridgehead atoms. The summed E-state index contributed by atoms with van der Waals surface area (Å²) in [5.74, 6) is 4.56. The zero-order chi connectivity index (χ0) is 61.7. The van der Waals surface area contributed by atoms with Crippen LogP contribution in [0.5, 0.6) is 0 Å². The molecule has 1 fully saturated rings. The molecule has 4 atom stereocenters. The van der Waals surface area contributed by atoms with E-state index in [0.717, 1.165) is 135 Å². The van der Waals surface area contributed by atoms with Gasteiger partial charge in [-0.1, -0.05) is 195 Å². The number of esters is 5. The molecular weight excluding hydrogens is 1290 g/mol. The van der Waals surface area contributed by atoms with E-state index >= 15 is 0 Å². The number of ether oxygens (including phenoxy) is 7. The SMILES string of the molecule is CCCCCCCCC(CCCCCCCC)OC(=O)CCCCCCCN(CCCCCCCC(=O)OC(CCCCCCCC)CCCCCCCC)CC/C(N)=C/N(N)CCO[C@@H]1[CH-]C(OC(C)=O)[C@H](OC(C)=O)C(COC(C)=O)O1.[Ac]. The predicted octanol–water partition coefficient (Wildman–Crippen LogP) is 15.5. The molecule has 0 saturated carbocycles. The Hall–Kier alpha value is -2.03. The molecular formula is C68H127AcN4O12-. The van der Waals surface area contributed by atoms with Crippen LogP contribution in [-0.4, -0.2) is 116 Å². The maximum atomic E-state index is 13.1. The van der Waals surface area contributed by atoms with Crippen LogP contribution in [0.1, 0.15) is 312 Å². The van der Waals surface area contributed by atoms with Crippen molar-refractivity contribution in [2.45, 2.75) is 349 Å². The summed E-state index contributed by atoms with van der Waals surface area (Å²) in [6.45, 7) is 15.5. The third-order valence-corrected chi connectivity index (χ3v) is 15.9. The van der Waals surface area contributed by atoms with Crippen molar-refractivity contribution in [3.05, 3.63) is 18.3 Å². The van der Waals surface area contributed by atoms with Crippen LogP contribution in [-0.2, 0) is 57.1 Å². The molecule has 16 nitrogen and oxygen atoms in total. The van der Waals surface area contributed by atoms with Crippen molar-refractivity contribution < 1.29 is 101 Å². The van der Waals surface area contributed by atoms with Gasteiger partial charge in [0.25, 0.3) is 5.97 Å². The average Bonchev–Trinajstić information content (AvgIpc) is 3.66. The molecule has 0 aliphatic carbocycles. The molecule has 1 heterocycles. The van der Waals surface area contributed by atoms with Crippen molar-refractivity contribution in [2.24, 2.45) is 11.6 Å². The number of unbranched alkanes of at least 4 members (excludes halogenated alkanes) is 28. The van der Waals surface area contributed by atoms with Gasteiger partial charge in [0.05, 0.1) is 13.2 Å². The molecule has 17 heteroatoms. The van der Waals surface area contributed by atoms with Gasteiger partial charge in [-0.05, 0) is 90.1 Å². The number of carbonyl (C=O) groups is 5. The van der Waals surface area contributed by atoms with Gasteiger partial charge in [-0.3, -0.25) is 24.0 Å². The summed E-state index contributed by atoms with van der Waals surface area (Å²) in [4.78, 5) is 64.1. The number of carbonyl (C=O) groups excluding carboxylic acids is 5. The molecule has 1 aliphatic rings. The molecule has 1 radical (unpaired) electrons. The van der Waals surface area contributed by atoms with Crippen molar-refractivity contribution in [1.29, 1.82) is 0 Å². The monoisotopic (exact) mass is 1420 g/mol. The minimum atomic E-state index is -1.04. The number of nitrogens with zero attached hydrogens (tertiary/aromatic N) is 2. The van der Waals surface area contributed by atoms with Gasteiger partial charge >= 0.3 is 23.9 Å². The molecule has 85 heavy (non-hydrogen) atoms. The van der Waals surface area contributed by atoms with Crippen LogP contribution in [0.3, 0.4) is 0 Å². The molecule has 0 spiro atoms. The van der Waals surface area contributed by atoms with Gasteiger partial charge < -0.3 is 48.8 Å². The maximum Gasteiger partial charge on any atom is 0.306 e. The fourth-order valence-corrected chi connectivity index (χ4v) is 11.0. The Kier molecular flexibility index (Phi) is 57.0. The molecule has 0 aromatic rings. The van der Waals surface area contributed by atoms with Gasteiger partial charge in [-0.15, -0.1) is 0 Å². The Bertz CT molecular complexity index is 1570. The largest absolute Gasteiger partial charge is 0.491 e. The van der Waals surface area contributed by atoms with Crippen LogP contribution in [0.4, 0.5) is 0 Å². The van der Waals surface area contributed by atoms with E-state index < -0.39 is 42.5 Å². The number of hydrazine groups is 1. The van der Waals surface area contributed by atoms with Gasteiger partial charge in [0.15, 0.2) is 0 Å². The van der Waals surface area contributed by atoms with Gasteiger partial charge in [0, 0.05) is 115 Å². The van der Waals surface area contributed by atoms with Crippen LogP contribution < -0.4 is 11.6 Å². The van der Waals surface area contributed by atoms with E-state index in [1.54, 1.807) is 6.20 Å². The Balaban J connectivity index is 0.0000706. The summed E-state index contributed by atoms with van der Waals surface area (Å²) >= 11 is 0. The molecule has 495 valence electrons. The first-order chi connectivity index (χ1) is 40.7. The van der Waals surface area contributed by atoms with E-state index in [4.69, 9.17) is 44.7 Å². The molecule has 1 aliphatic heterocycles. The summed E-state index contributed by atoms with van der Waals surface area (Å²) in [5.41, 5.74) is 7.21. The molecule has 1 rings (SSSR count). The Morgan fingerprint density at radius 2 is 0.882 bits per heavy atom. The summed E-state index contributed by atoms with van der Waals surface area (Å²) in [6, 6.07) is 0. The van der Waals surface area contributed by atoms with Crippen molar-refractivity contribution in [1.82, 2.24) is 9.91 Å². The van der Waals surface area contributed by atoms with Gasteiger partial charge in [0.2, 0.25) is 0 Å². The Morgan fingerprint density at radius 3 is 1.28 bits per heavy atom. The number of nitrogens with two attached hydrogens (primary N) is 2. The number of rotatable bonds is 58. The quantitative estimate of drug-likeness (QED) is 0.0145. The normalized spacial score (nSPS) is 16.2. The second-order valence-electron chi connectivity index (χ2n) is 24.1. The predicted molar refractivity (Wildman–Crippen MR) is 338 cm³/mol. The van der Waals surface area contributed by atoms with Crippen molar-refractivity contribution in [3.8, 4) is 0 Å². The van der Waals surface area contributed by atoms with Crippen molar-refractivity contribution in [3.63, 3.8) is 0 Å². The minimum absolute atomic E-state index is 0. The Morgan fingerprint density at radius 1 is 0.494 bits per heavy atom. The fourth-order valence-electron chi connectivity index (χ4n) is 11.0. The molecule has 2 unspecified atom stereocenters. The Labute approximate surface area is 554 Å². The second-order valence-corrected chi connectivity index (χ2v) is 24.1. The summed E-state index contributed by atoms with van der Waals surface area (Å²) in [7, 11) is 0. The summed E-state index contributed by atoms with van der Waals surface area (Å²) < 4.78 is 40.2. The van der Waals surface area contributed by atoms with Gasteiger partial charge in [-0.2, -0.15) is 0 Å². The molecule has 0 amide bonds. The van der Waals surface area contributed by atoms with Crippen LogP contribution in [0.25, 0.3) is 0 Å². The van der Waals surface area contributed by atoms with E-state index in [1.807, 2.05) is 0 Å². The smallest absolute Gasteiger partial charge is 0.306 e. The molecule has 0 aromatic heterocycles. The van der Waals surface area contributed by atoms with Gasteiger partial charge in [-0.25, -0.2) is 12.3 Å². The molecule has 0 aromatic carbocycles. The van der Waals surface area contributed by atoms with E-state index in [-0.39, 0.29) is 88.0 Å². The third-order valence-electron chi connectivity index (χ3n) is 15.9. The third kappa shape index (κ3) is 50.4. The summed E-state index contributed by atoms with van der Waals surface area (Å²) in [5, 5.41) is 1.46. The average molecular weight is 1420 g/mol. The number of hydrogen-bond donors (Lipinski definition) is 2. The standard InChI is InChI=1S/C68H127N4O12.Ac/c1-8-12-16-20-26-34-42-61(43-35-27-21-17-13-9-2)82-65(76)46-38-30-24-32-40-49-71(50-41-33-25-31-39-47-66(77)83-62(44-36-28-22-18-14-10-3)45-37-29-23-19-15-11-4)51-48-60(69)55-72(70)52-53-78-67-54-63(80-58(6)74)68(81-59(7)75)64(84-67)56-79-57(5)73;/h54-55,61-64,67-68H,8-53,56,69-70H2,1-7H3;/q-1;/b60-55-;/t63?,64?,67-,68-;/m0./s1. The van der Waals surface area contributed by atoms with Crippen LogP contribution >= 0.6 is 0 Å². The van der Waals surface area contributed by atoms with Crippen LogP contribution in [0.2, 0.25) is 0 Å². The van der Waals surface area contributed by atoms with E-state index in [1.165, 1.54) is 161 Å². The molecule has 4 N–H and O–H groups in total. The number of hydrogen-bond acceptors (Lipinski definition) is 16. The molecule has 1 saturated heterocycles. The van der Waals surface area contributed by atoms with Crippen LogP contribution in [0.15, 0.2) is 11.9 Å². The zero-order valence-corrected chi connectivity index (χ0v) is 60.1. The van der Waals surface area contributed by atoms with Crippen molar-refractivity contribution >= 4 is 29.8 Å². The second kappa shape index (κ2) is 58.4. The minimum Gasteiger partial charge on any atom is -0.491 e. The van der Waals surface area contributed by atoms with E-state index in [0.29, 0.717) is 25.0 Å². The van der Waals surface area contributed by atoms with E-state index in [9.17, 15) is 24.0 Å². The van der Waals surface area contributed by atoms with E-state index in [2.05, 4.69) is 32.6 Å². The topological polar surface area (TPSA) is 208 Å². The van der Waals surface area contributed by atoms with Crippen LogP contribution in [0, 0.1) is 50.5 Å².